The zero-order valence-corrected chi connectivity index (χ0v) is 7.83. The lowest BCUT2D eigenvalue weighted by Gasteiger charge is -2.08. The second kappa shape index (κ2) is 3.05. The minimum Gasteiger partial charge on any atom is -0.387 e. The van der Waals surface area contributed by atoms with E-state index in [2.05, 4.69) is 29.4 Å². The molecule has 66 valence electrons. The van der Waals surface area contributed by atoms with Crippen LogP contribution in [0.4, 0.5) is 5.69 Å². The lowest BCUT2D eigenvalue weighted by Crippen LogP contribution is -1.93. The van der Waals surface area contributed by atoms with Crippen molar-refractivity contribution >= 4 is 16.5 Å². The summed E-state index contributed by atoms with van der Waals surface area (Å²) in [6.07, 6.45) is 3.71. The van der Waals surface area contributed by atoms with Crippen molar-refractivity contribution < 1.29 is 0 Å². The highest BCUT2D eigenvalue weighted by Crippen LogP contribution is 2.25. The lowest BCUT2D eigenvalue weighted by molar-refractivity contribution is 1.35. The predicted octanol–water partition coefficient (Wildman–Crippen LogP) is 2.58. The third-order valence-corrected chi connectivity index (χ3v) is 2.28. The van der Waals surface area contributed by atoms with Crippen molar-refractivity contribution in [1.82, 2.24) is 4.98 Å². The van der Waals surface area contributed by atoms with Gasteiger partial charge in [0.25, 0.3) is 0 Å². The number of anilines is 1. The Kier molecular flexibility index (Phi) is 1.89. The maximum Gasteiger partial charge on any atom is 0.0462 e. The largest absolute Gasteiger partial charge is 0.387 e. The van der Waals surface area contributed by atoms with Crippen LogP contribution in [0.2, 0.25) is 0 Å². The number of pyridine rings is 1. The molecule has 0 radical (unpaired) electrons. The molecule has 2 heteroatoms. The van der Waals surface area contributed by atoms with Crippen LogP contribution < -0.4 is 5.32 Å². The average Bonchev–Trinajstić information content (AvgIpc) is 2.18. The number of aromatic nitrogens is 1. The summed E-state index contributed by atoms with van der Waals surface area (Å²) in [5.74, 6) is 0. The van der Waals surface area contributed by atoms with E-state index in [9.17, 15) is 0 Å². The van der Waals surface area contributed by atoms with Gasteiger partial charge in [-0.05, 0) is 23.9 Å². The summed E-state index contributed by atoms with van der Waals surface area (Å²) in [5.41, 5.74) is 2.42. The minimum atomic E-state index is 1.17. The molecule has 0 aliphatic heterocycles. The molecule has 1 N–H and O–H groups in total. The topological polar surface area (TPSA) is 24.9 Å². The number of fused-ring (bicyclic) bond motifs is 1. The van der Waals surface area contributed by atoms with Gasteiger partial charge in [-0.2, -0.15) is 0 Å². The van der Waals surface area contributed by atoms with Crippen molar-refractivity contribution in [3.8, 4) is 0 Å². The maximum atomic E-state index is 4.12. The molecule has 0 spiro atoms. The van der Waals surface area contributed by atoms with Gasteiger partial charge in [0.2, 0.25) is 0 Å². The van der Waals surface area contributed by atoms with Gasteiger partial charge in [0.05, 0.1) is 0 Å². The highest BCUT2D eigenvalue weighted by molar-refractivity contribution is 5.94. The molecule has 0 saturated heterocycles. The first-order valence-corrected chi connectivity index (χ1v) is 4.34. The molecule has 0 unspecified atom stereocenters. The van der Waals surface area contributed by atoms with Crippen LogP contribution in [0.5, 0.6) is 0 Å². The molecule has 0 aliphatic carbocycles. The molecule has 1 heterocycles. The molecule has 2 rings (SSSR count). The first-order valence-electron chi connectivity index (χ1n) is 4.34. The molecule has 0 bridgehead atoms. The Morgan fingerprint density at radius 2 is 2.08 bits per heavy atom. The van der Waals surface area contributed by atoms with Gasteiger partial charge in [0.15, 0.2) is 0 Å². The number of nitrogens with one attached hydrogen (secondary N) is 1. The van der Waals surface area contributed by atoms with E-state index in [1.165, 1.54) is 22.0 Å². The van der Waals surface area contributed by atoms with Crippen LogP contribution in [-0.4, -0.2) is 12.0 Å². The van der Waals surface area contributed by atoms with Gasteiger partial charge in [-0.15, -0.1) is 0 Å². The van der Waals surface area contributed by atoms with Crippen molar-refractivity contribution in [2.24, 2.45) is 0 Å². The van der Waals surface area contributed by atoms with E-state index in [1.54, 1.807) is 0 Å². The number of benzene rings is 1. The molecule has 2 nitrogen and oxygen atoms in total. The summed E-state index contributed by atoms with van der Waals surface area (Å²) in [6, 6.07) is 6.26. The molecule has 0 aliphatic rings. The smallest absolute Gasteiger partial charge is 0.0462 e. The minimum absolute atomic E-state index is 1.17. The fraction of sp³-hybridized carbons (Fsp3) is 0.182. The monoisotopic (exact) mass is 172 g/mol. The van der Waals surface area contributed by atoms with Crippen LogP contribution in [0, 0.1) is 6.92 Å². The van der Waals surface area contributed by atoms with Crippen LogP contribution in [0.25, 0.3) is 10.8 Å². The Hall–Kier alpha value is -1.57. The number of hydrogen-bond donors (Lipinski definition) is 1. The van der Waals surface area contributed by atoms with Gasteiger partial charge in [-0.1, -0.05) is 12.1 Å². The van der Waals surface area contributed by atoms with E-state index in [4.69, 9.17) is 0 Å². The van der Waals surface area contributed by atoms with Gasteiger partial charge in [0.1, 0.15) is 0 Å². The van der Waals surface area contributed by atoms with E-state index in [0.29, 0.717) is 0 Å². The fourth-order valence-corrected chi connectivity index (χ4v) is 1.60. The zero-order valence-electron chi connectivity index (χ0n) is 7.83. The quantitative estimate of drug-likeness (QED) is 0.715. The predicted molar refractivity (Wildman–Crippen MR) is 56.0 cm³/mol. The third-order valence-electron chi connectivity index (χ3n) is 2.28. The van der Waals surface area contributed by atoms with Crippen molar-refractivity contribution in [2.45, 2.75) is 6.92 Å². The SMILES string of the molecule is CNc1c(C)ccc2ccncc12. The van der Waals surface area contributed by atoms with Crippen LogP contribution >= 0.6 is 0 Å². The van der Waals surface area contributed by atoms with Crippen LogP contribution in [-0.2, 0) is 0 Å². The van der Waals surface area contributed by atoms with E-state index < -0.39 is 0 Å². The van der Waals surface area contributed by atoms with E-state index >= 15 is 0 Å². The molecule has 0 amide bonds. The van der Waals surface area contributed by atoms with Crippen LogP contribution in [0.1, 0.15) is 5.56 Å². The van der Waals surface area contributed by atoms with E-state index in [0.717, 1.165) is 0 Å². The Bertz CT molecular complexity index is 435. The number of nitrogens with zero attached hydrogens (tertiary/aromatic N) is 1. The summed E-state index contributed by atoms with van der Waals surface area (Å²) in [5, 5.41) is 5.61. The van der Waals surface area contributed by atoms with Gasteiger partial charge in [-0.25, -0.2) is 0 Å². The normalized spacial score (nSPS) is 10.3. The molecule has 0 atom stereocenters. The van der Waals surface area contributed by atoms with Crippen molar-refractivity contribution in [3.63, 3.8) is 0 Å². The second-order valence-electron chi connectivity index (χ2n) is 3.10. The fourth-order valence-electron chi connectivity index (χ4n) is 1.60. The second-order valence-corrected chi connectivity index (χ2v) is 3.10. The summed E-state index contributed by atoms with van der Waals surface area (Å²) in [6.45, 7) is 2.10. The van der Waals surface area contributed by atoms with Crippen molar-refractivity contribution in [1.29, 1.82) is 0 Å². The van der Waals surface area contributed by atoms with Crippen molar-refractivity contribution in [2.75, 3.05) is 12.4 Å². The molecular formula is C11H12N2. The summed E-state index contributed by atoms with van der Waals surface area (Å²) in [4.78, 5) is 4.12. The molecule has 0 saturated carbocycles. The molecule has 2 aromatic rings. The highest BCUT2D eigenvalue weighted by atomic mass is 14.8. The van der Waals surface area contributed by atoms with Crippen LogP contribution in [0.15, 0.2) is 30.6 Å². The number of hydrogen-bond acceptors (Lipinski definition) is 2. The number of rotatable bonds is 1. The summed E-state index contributed by atoms with van der Waals surface area (Å²) >= 11 is 0. The summed E-state index contributed by atoms with van der Waals surface area (Å²) in [7, 11) is 1.94. The van der Waals surface area contributed by atoms with Gasteiger partial charge >= 0.3 is 0 Å². The van der Waals surface area contributed by atoms with Crippen molar-refractivity contribution in [3.05, 3.63) is 36.2 Å². The van der Waals surface area contributed by atoms with Gasteiger partial charge in [0, 0.05) is 30.5 Å². The molecule has 0 fully saturated rings. The van der Waals surface area contributed by atoms with E-state index in [1.807, 2.05) is 25.5 Å². The van der Waals surface area contributed by atoms with Crippen LogP contribution in [0.3, 0.4) is 0 Å². The lowest BCUT2D eigenvalue weighted by atomic mass is 10.1. The first kappa shape index (κ1) is 8.05. The molecule has 13 heavy (non-hydrogen) atoms. The molecule has 1 aromatic heterocycles. The highest BCUT2D eigenvalue weighted by Gasteiger charge is 2.01. The van der Waals surface area contributed by atoms with Gasteiger partial charge < -0.3 is 5.32 Å². The zero-order chi connectivity index (χ0) is 9.26. The summed E-state index contributed by atoms with van der Waals surface area (Å²) < 4.78 is 0. The first-order chi connectivity index (χ1) is 6.33. The number of aryl methyl sites for hydroxylation is 1. The Morgan fingerprint density at radius 3 is 2.85 bits per heavy atom. The standard InChI is InChI=1S/C11H12N2/c1-8-3-4-9-5-6-13-7-10(9)11(8)12-2/h3-7,12H,1-2H3. The Balaban J connectivity index is 2.84. The molecule has 1 aromatic carbocycles. The average molecular weight is 172 g/mol. The Labute approximate surface area is 77.6 Å². The van der Waals surface area contributed by atoms with E-state index in [-0.39, 0.29) is 0 Å². The molecular weight excluding hydrogens is 160 g/mol. The third kappa shape index (κ3) is 1.24. The Morgan fingerprint density at radius 1 is 1.23 bits per heavy atom. The van der Waals surface area contributed by atoms with Gasteiger partial charge in [-0.3, -0.25) is 4.98 Å². The maximum absolute atomic E-state index is 4.12.